The predicted molar refractivity (Wildman–Crippen MR) is 77.3 cm³/mol. The molecule has 1 N–H and O–H groups in total. The standard InChI is InChI=1S/C15H19NO3S/c17-14(12-7-8-13(20-12)15(18)19)16-9-3-5-10-4-1-2-6-11(10)16/h7-8,10-11H,1-6,9H2,(H,18,19)/t10-,11+/m0/s1. The van der Waals surface area contributed by atoms with Crippen LogP contribution in [0.15, 0.2) is 12.1 Å². The fourth-order valence-electron chi connectivity index (χ4n) is 3.59. The van der Waals surface area contributed by atoms with Crippen LogP contribution >= 0.6 is 11.3 Å². The van der Waals surface area contributed by atoms with Crippen molar-refractivity contribution in [3.05, 3.63) is 21.9 Å². The Labute approximate surface area is 122 Å². The molecule has 5 heteroatoms. The van der Waals surface area contributed by atoms with E-state index >= 15 is 0 Å². The molecule has 0 aromatic carbocycles. The average Bonchev–Trinajstić information content (AvgIpc) is 2.96. The summed E-state index contributed by atoms with van der Waals surface area (Å²) in [6.07, 6.45) is 7.14. The molecule has 1 saturated heterocycles. The molecule has 3 rings (SSSR count). The van der Waals surface area contributed by atoms with Crippen LogP contribution in [-0.2, 0) is 0 Å². The zero-order chi connectivity index (χ0) is 14.1. The van der Waals surface area contributed by atoms with Gasteiger partial charge in [0.05, 0.1) is 4.88 Å². The highest BCUT2D eigenvalue weighted by Gasteiger charge is 2.36. The largest absolute Gasteiger partial charge is 0.477 e. The first-order chi connectivity index (χ1) is 9.66. The van der Waals surface area contributed by atoms with Crippen LogP contribution in [-0.4, -0.2) is 34.5 Å². The maximum Gasteiger partial charge on any atom is 0.345 e. The summed E-state index contributed by atoms with van der Waals surface area (Å²) in [6, 6.07) is 3.56. The summed E-state index contributed by atoms with van der Waals surface area (Å²) >= 11 is 1.09. The zero-order valence-electron chi connectivity index (χ0n) is 11.4. The van der Waals surface area contributed by atoms with Crippen LogP contribution in [0.3, 0.4) is 0 Å². The molecule has 1 aromatic heterocycles. The van der Waals surface area contributed by atoms with Crippen LogP contribution in [0.25, 0.3) is 0 Å². The Bertz CT molecular complexity index is 523. The predicted octanol–water partition coefficient (Wildman–Crippen LogP) is 3.24. The van der Waals surface area contributed by atoms with Gasteiger partial charge in [-0.25, -0.2) is 4.79 Å². The molecule has 2 aliphatic rings. The number of aromatic carboxylic acids is 1. The molecular formula is C15H19NO3S. The Morgan fingerprint density at radius 1 is 1.10 bits per heavy atom. The Morgan fingerprint density at radius 3 is 2.55 bits per heavy atom. The van der Waals surface area contributed by atoms with Crippen molar-refractivity contribution in [2.75, 3.05) is 6.54 Å². The first-order valence-electron chi connectivity index (χ1n) is 7.31. The Morgan fingerprint density at radius 2 is 1.80 bits per heavy atom. The maximum absolute atomic E-state index is 12.6. The van der Waals surface area contributed by atoms with Crippen molar-refractivity contribution in [1.29, 1.82) is 0 Å². The van der Waals surface area contributed by atoms with E-state index in [1.165, 1.54) is 31.7 Å². The first kappa shape index (κ1) is 13.6. The number of thiophene rings is 1. The van der Waals surface area contributed by atoms with Gasteiger partial charge in [-0.15, -0.1) is 11.3 Å². The Balaban J connectivity index is 1.79. The van der Waals surface area contributed by atoms with Crippen LogP contribution < -0.4 is 0 Å². The number of carboxylic acid groups (broad SMARTS) is 1. The minimum absolute atomic E-state index is 0.0269. The molecule has 1 aliphatic heterocycles. The van der Waals surface area contributed by atoms with Gasteiger partial charge >= 0.3 is 5.97 Å². The molecule has 1 amide bonds. The SMILES string of the molecule is O=C(O)c1ccc(C(=O)N2CCC[C@@H]3CCCC[C@H]32)s1. The molecule has 1 aliphatic carbocycles. The molecule has 0 radical (unpaired) electrons. The summed E-state index contributed by atoms with van der Waals surface area (Å²) in [6.45, 7) is 0.820. The zero-order valence-corrected chi connectivity index (χ0v) is 12.2. The van der Waals surface area contributed by atoms with E-state index in [4.69, 9.17) is 5.11 Å². The van der Waals surface area contributed by atoms with E-state index in [2.05, 4.69) is 0 Å². The van der Waals surface area contributed by atoms with Crippen molar-refractivity contribution in [2.45, 2.75) is 44.6 Å². The number of carbonyl (C=O) groups excluding carboxylic acids is 1. The first-order valence-corrected chi connectivity index (χ1v) is 8.12. The van der Waals surface area contributed by atoms with Crippen molar-refractivity contribution in [3.8, 4) is 0 Å². The van der Waals surface area contributed by atoms with Crippen LogP contribution in [0, 0.1) is 5.92 Å². The second kappa shape index (κ2) is 5.56. The van der Waals surface area contributed by atoms with Gasteiger partial charge in [0.25, 0.3) is 5.91 Å². The lowest BCUT2D eigenvalue weighted by Crippen LogP contribution is -2.49. The van der Waals surface area contributed by atoms with Gasteiger partial charge in [-0.3, -0.25) is 4.79 Å². The number of amides is 1. The van der Waals surface area contributed by atoms with Crippen LogP contribution in [0.4, 0.5) is 0 Å². The number of hydrogen-bond acceptors (Lipinski definition) is 3. The lowest BCUT2D eigenvalue weighted by Gasteiger charge is -2.44. The van der Waals surface area contributed by atoms with Crippen molar-refractivity contribution >= 4 is 23.2 Å². The number of rotatable bonds is 2. The van der Waals surface area contributed by atoms with E-state index in [0.29, 0.717) is 16.8 Å². The minimum Gasteiger partial charge on any atom is -0.477 e. The fraction of sp³-hybridized carbons (Fsp3) is 0.600. The van der Waals surface area contributed by atoms with Crippen molar-refractivity contribution in [1.82, 2.24) is 4.90 Å². The molecule has 108 valence electrons. The highest BCUT2D eigenvalue weighted by atomic mass is 32.1. The minimum atomic E-state index is -0.955. The van der Waals surface area contributed by atoms with Gasteiger partial charge in [0, 0.05) is 12.6 Å². The van der Waals surface area contributed by atoms with E-state index in [0.717, 1.165) is 30.7 Å². The average molecular weight is 293 g/mol. The monoisotopic (exact) mass is 293 g/mol. The molecule has 0 unspecified atom stereocenters. The molecule has 2 atom stereocenters. The van der Waals surface area contributed by atoms with Crippen LogP contribution in [0.1, 0.15) is 57.9 Å². The summed E-state index contributed by atoms with van der Waals surface area (Å²) in [5.41, 5.74) is 0. The topological polar surface area (TPSA) is 57.6 Å². The van der Waals surface area contributed by atoms with Gasteiger partial charge in [-0.2, -0.15) is 0 Å². The Hall–Kier alpha value is -1.36. The van der Waals surface area contributed by atoms with E-state index in [1.807, 2.05) is 4.90 Å². The number of hydrogen-bond donors (Lipinski definition) is 1. The lowest BCUT2D eigenvalue weighted by molar-refractivity contribution is 0.0395. The number of carboxylic acids is 1. The lowest BCUT2D eigenvalue weighted by atomic mass is 9.78. The van der Waals surface area contributed by atoms with Crippen molar-refractivity contribution in [2.24, 2.45) is 5.92 Å². The summed E-state index contributed by atoms with van der Waals surface area (Å²) in [7, 11) is 0. The number of fused-ring (bicyclic) bond motifs is 1. The fourth-order valence-corrected chi connectivity index (χ4v) is 4.39. The third-order valence-electron chi connectivity index (χ3n) is 4.53. The Kier molecular flexibility index (Phi) is 3.78. The third kappa shape index (κ3) is 2.46. The molecule has 2 fully saturated rings. The highest BCUT2D eigenvalue weighted by Crippen LogP contribution is 2.36. The van der Waals surface area contributed by atoms with Gasteiger partial charge in [-0.05, 0) is 43.7 Å². The number of piperidine rings is 1. The van der Waals surface area contributed by atoms with Crippen molar-refractivity contribution < 1.29 is 14.7 Å². The van der Waals surface area contributed by atoms with Gasteiger partial charge in [0.15, 0.2) is 0 Å². The van der Waals surface area contributed by atoms with Crippen LogP contribution in [0.2, 0.25) is 0 Å². The van der Waals surface area contributed by atoms with Gasteiger partial charge in [0.1, 0.15) is 4.88 Å². The summed E-state index contributed by atoms with van der Waals surface area (Å²) in [4.78, 5) is 26.4. The summed E-state index contributed by atoms with van der Waals surface area (Å²) < 4.78 is 0. The van der Waals surface area contributed by atoms with E-state index in [9.17, 15) is 9.59 Å². The van der Waals surface area contributed by atoms with E-state index in [-0.39, 0.29) is 10.8 Å². The normalized spacial score (nSPS) is 26.1. The second-order valence-corrected chi connectivity index (χ2v) is 6.81. The number of carbonyl (C=O) groups is 2. The molecule has 0 spiro atoms. The highest BCUT2D eigenvalue weighted by molar-refractivity contribution is 7.15. The molecule has 2 heterocycles. The summed E-state index contributed by atoms with van der Waals surface area (Å²) in [5, 5.41) is 8.96. The van der Waals surface area contributed by atoms with Crippen LogP contribution in [0.5, 0.6) is 0 Å². The summed E-state index contributed by atoms with van der Waals surface area (Å²) in [5.74, 6) is -0.275. The quantitative estimate of drug-likeness (QED) is 0.910. The smallest absolute Gasteiger partial charge is 0.345 e. The second-order valence-electron chi connectivity index (χ2n) is 5.72. The maximum atomic E-state index is 12.6. The molecular weight excluding hydrogens is 274 g/mol. The molecule has 1 aromatic rings. The molecule has 4 nitrogen and oxygen atoms in total. The van der Waals surface area contributed by atoms with Crippen molar-refractivity contribution in [3.63, 3.8) is 0 Å². The molecule has 20 heavy (non-hydrogen) atoms. The number of nitrogens with zero attached hydrogens (tertiary/aromatic N) is 1. The van der Waals surface area contributed by atoms with E-state index in [1.54, 1.807) is 6.07 Å². The van der Waals surface area contributed by atoms with Gasteiger partial charge < -0.3 is 10.0 Å². The molecule has 0 bridgehead atoms. The molecule has 1 saturated carbocycles. The van der Waals surface area contributed by atoms with E-state index < -0.39 is 5.97 Å². The third-order valence-corrected chi connectivity index (χ3v) is 5.59. The van der Waals surface area contributed by atoms with Gasteiger partial charge in [-0.1, -0.05) is 12.8 Å². The van der Waals surface area contributed by atoms with Gasteiger partial charge in [0.2, 0.25) is 0 Å². The number of likely N-dealkylation sites (tertiary alicyclic amines) is 1.